The second-order valence-corrected chi connectivity index (χ2v) is 7.20. The van der Waals surface area contributed by atoms with Gasteiger partial charge < -0.3 is 0 Å². The highest BCUT2D eigenvalue weighted by molar-refractivity contribution is 6.42. The molecule has 0 unspecified atom stereocenters. The fourth-order valence-electron chi connectivity index (χ4n) is 3.28. The van der Waals surface area contributed by atoms with Crippen molar-refractivity contribution < 1.29 is 31.5 Å². The van der Waals surface area contributed by atoms with Gasteiger partial charge in [0, 0.05) is 6.20 Å². The zero-order chi connectivity index (χ0) is 22.7. The maximum Gasteiger partial charge on any atom is 0.459 e. The molecule has 160 valence electrons. The van der Waals surface area contributed by atoms with Crippen LogP contribution in [0.2, 0.25) is 5.02 Å². The van der Waals surface area contributed by atoms with Crippen LogP contribution in [-0.4, -0.2) is 27.8 Å². The molecule has 0 spiro atoms. The van der Waals surface area contributed by atoms with Crippen LogP contribution in [0.5, 0.6) is 0 Å². The molecule has 0 bridgehead atoms. The summed E-state index contributed by atoms with van der Waals surface area (Å²) in [5, 5.41) is 3.47. The number of fused-ring (bicyclic) bond motifs is 1. The smallest absolute Gasteiger partial charge is 0.268 e. The van der Waals surface area contributed by atoms with Crippen molar-refractivity contribution in [1.29, 1.82) is 0 Å². The first kappa shape index (κ1) is 21.0. The number of carbonyl (C=O) groups is 2. The van der Waals surface area contributed by atoms with Gasteiger partial charge in [0.15, 0.2) is 0 Å². The van der Waals surface area contributed by atoms with Crippen LogP contribution in [0.1, 0.15) is 32.0 Å². The molecule has 0 atom stereocenters. The molecule has 31 heavy (non-hydrogen) atoms. The maximum atomic E-state index is 13.5. The van der Waals surface area contributed by atoms with Gasteiger partial charge in [0.25, 0.3) is 11.8 Å². The molecule has 1 aliphatic rings. The van der Waals surface area contributed by atoms with E-state index >= 15 is 0 Å². The standard InChI is InChI=1S/C20H11ClF5N3O2/c1-10-9-11(28-8-7-15(27-28)19(22,23)20(24,25)26)5-6-14(10)29-17(30)12-3-2-4-13(21)16(12)18(29)31/h2-9H,1H3. The molecular weight excluding hydrogens is 445 g/mol. The summed E-state index contributed by atoms with van der Waals surface area (Å²) >= 11 is 6.05. The van der Waals surface area contributed by atoms with E-state index in [0.29, 0.717) is 11.6 Å². The highest BCUT2D eigenvalue weighted by atomic mass is 35.5. The fourth-order valence-corrected chi connectivity index (χ4v) is 3.53. The molecule has 0 saturated carbocycles. The van der Waals surface area contributed by atoms with Gasteiger partial charge in [-0.1, -0.05) is 17.7 Å². The monoisotopic (exact) mass is 455 g/mol. The Morgan fingerprint density at radius 1 is 0.968 bits per heavy atom. The Bertz CT molecular complexity index is 1240. The van der Waals surface area contributed by atoms with Gasteiger partial charge in [-0.2, -0.15) is 27.1 Å². The van der Waals surface area contributed by atoms with Crippen molar-refractivity contribution in [2.24, 2.45) is 0 Å². The summed E-state index contributed by atoms with van der Waals surface area (Å²) in [4.78, 5) is 26.4. The van der Waals surface area contributed by atoms with Crippen LogP contribution in [0.3, 0.4) is 0 Å². The molecule has 3 aromatic rings. The highest BCUT2D eigenvalue weighted by Crippen LogP contribution is 2.43. The number of nitrogens with zero attached hydrogens (tertiary/aromatic N) is 3. The summed E-state index contributed by atoms with van der Waals surface area (Å²) in [5.41, 5.74) is -0.450. The Balaban J connectivity index is 1.69. The number of halogens is 6. The lowest BCUT2D eigenvalue weighted by atomic mass is 10.1. The van der Waals surface area contributed by atoms with Gasteiger partial charge in [-0.3, -0.25) is 9.59 Å². The molecule has 1 aliphatic heterocycles. The molecule has 5 nitrogen and oxygen atoms in total. The Morgan fingerprint density at radius 3 is 2.29 bits per heavy atom. The predicted octanol–water partition coefficient (Wildman–Crippen LogP) is 5.29. The number of hydrogen-bond donors (Lipinski definition) is 0. The summed E-state index contributed by atoms with van der Waals surface area (Å²) in [5.74, 6) is -6.30. The third-order valence-electron chi connectivity index (χ3n) is 4.82. The second kappa shape index (κ2) is 6.88. The number of anilines is 1. The van der Waals surface area contributed by atoms with Crippen LogP contribution in [0.15, 0.2) is 48.7 Å². The largest absolute Gasteiger partial charge is 0.459 e. The second-order valence-electron chi connectivity index (χ2n) is 6.80. The summed E-state index contributed by atoms with van der Waals surface area (Å²) in [6.07, 6.45) is -4.82. The van der Waals surface area contributed by atoms with E-state index in [1.165, 1.54) is 36.4 Å². The molecule has 1 aromatic heterocycles. The van der Waals surface area contributed by atoms with Gasteiger partial charge >= 0.3 is 12.1 Å². The number of aryl methyl sites for hydroxylation is 1. The minimum atomic E-state index is -5.78. The number of amides is 2. The van der Waals surface area contributed by atoms with Crippen LogP contribution >= 0.6 is 11.6 Å². The van der Waals surface area contributed by atoms with Crippen molar-refractivity contribution in [3.63, 3.8) is 0 Å². The summed E-state index contributed by atoms with van der Waals surface area (Å²) in [7, 11) is 0. The topological polar surface area (TPSA) is 55.2 Å². The van der Waals surface area contributed by atoms with Crippen molar-refractivity contribution in [1.82, 2.24) is 9.78 Å². The van der Waals surface area contributed by atoms with E-state index in [2.05, 4.69) is 5.10 Å². The molecule has 0 saturated heterocycles. The van der Waals surface area contributed by atoms with Gasteiger partial charge in [0.2, 0.25) is 0 Å². The van der Waals surface area contributed by atoms with E-state index in [4.69, 9.17) is 11.6 Å². The number of benzene rings is 2. The fraction of sp³-hybridized carbons (Fsp3) is 0.150. The van der Waals surface area contributed by atoms with E-state index in [1.54, 1.807) is 6.92 Å². The quantitative estimate of drug-likeness (QED) is 0.398. The van der Waals surface area contributed by atoms with Gasteiger partial charge in [-0.15, -0.1) is 0 Å². The van der Waals surface area contributed by atoms with E-state index in [1.807, 2.05) is 0 Å². The summed E-state index contributed by atoms with van der Waals surface area (Å²) in [6.45, 7) is 1.55. The Kier molecular flexibility index (Phi) is 4.65. The van der Waals surface area contributed by atoms with Crippen LogP contribution in [0.25, 0.3) is 5.69 Å². The maximum absolute atomic E-state index is 13.5. The SMILES string of the molecule is Cc1cc(-n2ccc(C(F)(F)C(F)(F)F)n2)ccc1N1C(=O)c2cccc(Cl)c2C1=O. The van der Waals surface area contributed by atoms with Crippen LogP contribution < -0.4 is 4.90 Å². The normalized spacial score (nSPS) is 14.4. The Morgan fingerprint density at radius 2 is 1.68 bits per heavy atom. The number of rotatable bonds is 3. The molecule has 4 rings (SSSR count). The van der Waals surface area contributed by atoms with E-state index in [-0.39, 0.29) is 27.5 Å². The van der Waals surface area contributed by atoms with Crippen molar-refractivity contribution in [2.75, 3.05) is 4.90 Å². The number of aromatic nitrogens is 2. The third-order valence-corrected chi connectivity index (χ3v) is 5.13. The van der Waals surface area contributed by atoms with Crippen molar-refractivity contribution in [3.8, 4) is 5.69 Å². The number of hydrogen-bond acceptors (Lipinski definition) is 3. The molecule has 2 heterocycles. The molecule has 0 fully saturated rings. The highest BCUT2D eigenvalue weighted by Gasteiger charge is 2.60. The molecule has 11 heteroatoms. The first-order valence-electron chi connectivity index (χ1n) is 8.72. The van der Waals surface area contributed by atoms with Crippen LogP contribution in [0.4, 0.5) is 27.6 Å². The molecule has 2 amide bonds. The van der Waals surface area contributed by atoms with Crippen molar-refractivity contribution >= 4 is 29.1 Å². The van der Waals surface area contributed by atoms with Gasteiger partial charge in [0.05, 0.1) is 27.5 Å². The van der Waals surface area contributed by atoms with Gasteiger partial charge in [0.1, 0.15) is 5.69 Å². The molecule has 0 N–H and O–H groups in total. The number of alkyl halides is 5. The minimum Gasteiger partial charge on any atom is -0.268 e. The van der Waals surface area contributed by atoms with Crippen molar-refractivity contribution in [2.45, 2.75) is 19.0 Å². The minimum absolute atomic E-state index is 0.0729. The molecular formula is C20H11ClF5N3O2. The van der Waals surface area contributed by atoms with Crippen molar-refractivity contribution in [3.05, 3.63) is 76.1 Å². The third kappa shape index (κ3) is 3.18. The average Bonchev–Trinajstić information content (AvgIpc) is 3.27. The Hall–Kier alpha value is -3.27. The van der Waals surface area contributed by atoms with Crippen LogP contribution in [0, 0.1) is 6.92 Å². The van der Waals surface area contributed by atoms with E-state index < -0.39 is 29.6 Å². The average molecular weight is 456 g/mol. The van der Waals surface area contributed by atoms with Gasteiger partial charge in [-0.05, 0) is 48.9 Å². The number of carbonyl (C=O) groups excluding carboxylic acids is 2. The first-order chi connectivity index (χ1) is 14.4. The predicted molar refractivity (Wildman–Crippen MR) is 101 cm³/mol. The van der Waals surface area contributed by atoms with Gasteiger partial charge in [-0.25, -0.2) is 9.58 Å². The Labute approximate surface area is 176 Å². The zero-order valence-electron chi connectivity index (χ0n) is 15.5. The molecule has 2 aromatic carbocycles. The lowest BCUT2D eigenvalue weighted by molar-refractivity contribution is -0.291. The molecule has 0 aliphatic carbocycles. The molecule has 0 radical (unpaired) electrons. The lowest BCUT2D eigenvalue weighted by Crippen LogP contribution is -2.34. The van der Waals surface area contributed by atoms with E-state index in [0.717, 1.165) is 15.8 Å². The first-order valence-corrected chi connectivity index (χ1v) is 9.10. The van der Waals surface area contributed by atoms with Crippen LogP contribution in [-0.2, 0) is 5.92 Å². The summed E-state index contributed by atoms with van der Waals surface area (Å²) < 4.78 is 65.5. The van der Waals surface area contributed by atoms with E-state index in [9.17, 15) is 31.5 Å². The summed E-state index contributed by atoms with van der Waals surface area (Å²) in [6, 6.07) is 9.19. The lowest BCUT2D eigenvalue weighted by Gasteiger charge is -2.18. The number of imide groups is 1. The zero-order valence-corrected chi connectivity index (χ0v) is 16.3.